The molecule has 4 fully saturated rings. The maximum Gasteiger partial charge on any atom is 0.0734 e. The summed E-state index contributed by atoms with van der Waals surface area (Å²) in [7, 11) is 0. The molecule has 0 unspecified atom stereocenters. The Balaban J connectivity index is 1.18. The summed E-state index contributed by atoms with van der Waals surface area (Å²) in [6.45, 7) is 2.31. The fraction of sp³-hybridized carbons (Fsp3) is 0.500. The molecule has 0 spiro atoms. The van der Waals surface area contributed by atoms with Gasteiger partial charge in [0.2, 0.25) is 0 Å². The maximum atomic E-state index is 4.04. The number of H-pyrrole nitrogens is 1. The summed E-state index contributed by atoms with van der Waals surface area (Å²) in [6.07, 6.45) is 9.75. The standard InChI is InChI=1S/C28H33N3/c1-17-10-24-23-4-2-3-5-25(23)30-27(24)26(29-17)21-6-8-22(9-7-21)31-28-14-18-11-19(15-28)13-20(12-18)16-28/h2-9,17-20,26,29-31H,10-16H2,1H3/t17-,18?,19?,20?,26-,28?/m0/s1. The van der Waals surface area contributed by atoms with Gasteiger partial charge in [0, 0.05) is 33.9 Å². The molecule has 160 valence electrons. The number of nitrogens with one attached hydrogen (secondary N) is 3. The quantitative estimate of drug-likeness (QED) is 0.482. The lowest BCUT2D eigenvalue weighted by molar-refractivity contribution is 0.0107. The van der Waals surface area contributed by atoms with Crippen LogP contribution in [0.2, 0.25) is 0 Å². The third-order valence-electron chi connectivity index (χ3n) is 8.79. The van der Waals surface area contributed by atoms with E-state index in [4.69, 9.17) is 0 Å². The SMILES string of the molecule is C[C@H]1Cc2c([nH]c3ccccc23)[C@H](c2ccc(NC34CC5CC(CC(C5)C3)C4)cc2)N1. The average molecular weight is 412 g/mol. The van der Waals surface area contributed by atoms with Gasteiger partial charge >= 0.3 is 0 Å². The lowest BCUT2D eigenvalue weighted by Crippen LogP contribution is -2.54. The molecule has 1 aromatic heterocycles. The smallest absolute Gasteiger partial charge is 0.0734 e. The van der Waals surface area contributed by atoms with Crippen molar-refractivity contribution in [3.05, 3.63) is 65.4 Å². The van der Waals surface area contributed by atoms with Crippen LogP contribution in [0, 0.1) is 17.8 Å². The van der Waals surface area contributed by atoms with Gasteiger partial charge in [0.25, 0.3) is 0 Å². The van der Waals surface area contributed by atoms with E-state index in [0.29, 0.717) is 11.6 Å². The van der Waals surface area contributed by atoms with Crippen LogP contribution >= 0.6 is 0 Å². The number of hydrogen-bond donors (Lipinski definition) is 3. The van der Waals surface area contributed by atoms with Crippen LogP contribution in [0.3, 0.4) is 0 Å². The lowest BCUT2D eigenvalue weighted by atomic mass is 9.53. The van der Waals surface area contributed by atoms with E-state index in [0.717, 1.165) is 24.2 Å². The van der Waals surface area contributed by atoms with Gasteiger partial charge in [0.1, 0.15) is 0 Å². The Bertz CT molecular complexity index is 1090. The summed E-state index contributed by atoms with van der Waals surface area (Å²) >= 11 is 0. The second-order valence-corrected chi connectivity index (χ2v) is 11.2. The van der Waals surface area contributed by atoms with Crippen LogP contribution in [0.1, 0.15) is 68.3 Å². The van der Waals surface area contributed by atoms with Crippen molar-refractivity contribution in [1.82, 2.24) is 10.3 Å². The van der Waals surface area contributed by atoms with Gasteiger partial charge in [-0.2, -0.15) is 0 Å². The molecule has 2 heterocycles. The molecule has 0 saturated heterocycles. The highest BCUT2D eigenvalue weighted by Crippen LogP contribution is 2.56. The van der Waals surface area contributed by atoms with Gasteiger partial charge in [-0.05, 0) is 98.9 Å². The van der Waals surface area contributed by atoms with E-state index < -0.39 is 0 Å². The molecule has 0 radical (unpaired) electrons. The Hall–Kier alpha value is -2.26. The van der Waals surface area contributed by atoms with E-state index in [2.05, 4.69) is 71.1 Å². The topological polar surface area (TPSA) is 39.9 Å². The van der Waals surface area contributed by atoms with Crippen LogP contribution in [-0.4, -0.2) is 16.6 Å². The Labute approximate surface area is 185 Å². The van der Waals surface area contributed by atoms with Crippen molar-refractivity contribution >= 4 is 16.6 Å². The number of rotatable bonds is 3. The third kappa shape index (κ3) is 2.96. The van der Waals surface area contributed by atoms with Gasteiger partial charge < -0.3 is 15.6 Å². The van der Waals surface area contributed by atoms with E-state index in [1.165, 1.54) is 71.9 Å². The normalized spacial score (nSPS) is 36.0. The molecule has 5 aliphatic rings. The predicted octanol–water partition coefficient (Wildman–Crippen LogP) is 6.17. The summed E-state index contributed by atoms with van der Waals surface area (Å²) in [5.74, 6) is 2.93. The number of para-hydroxylation sites is 1. The van der Waals surface area contributed by atoms with Gasteiger partial charge in [0.05, 0.1) is 6.04 Å². The first kappa shape index (κ1) is 18.3. The number of aromatic nitrogens is 1. The van der Waals surface area contributed by atoms with E-state index in [1.807, 2.05) is 0 Å². The minimum Gasteiger partial charge on any atom is -0.380 e. The summed E-state index contributed by atoms with van der Waals surface area (Å²) in [5.41, 5.74) is 7.14. The lowest BCUT2D eigenvalue weighted by Gasteiger charge is -2.57. The zero-order chi connectivity index (χ0) is 20.6. The van der Waals surface area contributed by atoms with Gasteiger partial charge in [0.15, 0.2) is 0 Å². The Kier molecular flexibility index (Phi) is 3.91. The second-order valence-electron chi connectivity index (χ2n) is 11.2. The van der Waals surface area contributed by atoms with E-state index in [-0.39, 0.29) is 6.04 Å². The van der Waals surface area contributed by atoms with Crippen molar-refractivity contribution in [2.45, 2.75) is 69.5 Å². The Morgan fingerprint density at radius 1 is 0.871 bits per heavy atom. The number of hydrogen-bond acceptors (Lipinski definition) is 2. The first-order valence-electron chi connectivity index (χ1n) is 12.4. The van der Waals surface area contributed by atoms with Crippen molar-refractivity contribution in [3.8, 4) is 0 Å². The summed E-state index contributed by atoms with van der Waals surface area (Å²) in [6, 6.07) is 18.8. The number of benzene rings is 2. The molecule has 4 aliphatic carbocycles. The minimum atomic E-state index is 0.236. The zero-order valence-electron chi connectivity index (χ0n) is 18.5. The van der Waals surface area contributed by atoms with Crippen LogP contribution in [0.5, 0.6) is 0 Å². The molecule has 3 N–H and O–H groups in total. The number of anilines is 1. The molecule has 2 atom stereocenters. The highest BCUT2D eigenvalue weighted by molar-refractivity contribution is 5.85. The molecule has 4 bridgehead atoms. The van der Waals surface area contributed by atoms with E-state index >= 15 is 0 Å². The fourth-order valence-corrected chi connectivity index (χ4v) is 8.01. The molecule has 4 saturated carbocycles. The monoisotopic (exact) mass is 411 g/mol. The number of aromatic amines is 1. The average Bonchev–Trinajstić information content (AvgIpc) is 3.11. The third-order valence-corrected chi connectivity index (χ3v) is 8.79. The molecule has 1 aliphatic heterocycles. The fourth-order valence-electron chi connectivity index (χ4n) is 8.01. The van der Waals surface area contributed by atoms with Crippen LogP contribution in [-0.2, 0) is 6.42 Å². The van der Waals surface area contributed by atoms with Crippen LogP contribution in [0.4, 0.5) is 5.69 Å². The van der Waals surface area contributed by atoms with Crippen molar-refractivity contribution in [1.29, 1.82) is 0 Å². The Morgan fingerprint density at radius 3 is 2.26 bits per heavy atom. The molecule has 0 amide bonds. The van der Waals surface area contributed by atoms with Crippen molar-refractivity contribution in [2.24, 2.45) is 17.8 Å². The summed E-state index contributed by atoms with van der Waals surface area (Å²) in [4.78, 5) is 3.72. The minimum absolute atomic E-state index is 0.236. The molecule has 31 heavy (non-hydrogen) atoms. The summed E-state index contributed by atoms with van der Waals surface area (Å²) < 4.78 is 0. The van der Waals surface area contributed by atoms with Gasteiger partial charge in [-0.15, -0.1) is 0 Å². The maximum absolute atomic E-state index is 4.04. The zero-order valence-corrected chi connectivity index (χ0v) is 18.5. The van der Waals surface area contributed by atoms with Crippen LogP contribution in [0.25, 0.3) is 10.9 Å². The molecule has 8 rings (SSSR count). The Morgan fingerprint density at radius 2 is 1.55 bits per heavy atom. The van der Waals surface area contributed by atoms with Gasteiger partial charge in [-0.25, -0.2) is 0 Å². The highest BCUT2D eigenvalue weighted by atomic mass is 15.0. The molecule has 3 aromatic rings. The molecule has 3 nitrogen and oxygen atoms in total. The largest absolute Gasteiger partial charge is 0.380 e. The summed E-state index contributed by atoms with van der Waals surface area (Å²) in [5, 5.41) is 9.27. The van der Waals surface area contributed by atoms with Crippen molar-refractivity contribution < 1.29 is 0 Å². The van der Waals surface area contributed by atoms with Gasteiger partial charge in [-0.3, -0.25) is 0 Å². The number of fused-ring (bicyclic) bond motifs is 3. The molecular weight excluding hydrogens is 378 g/mol. The predicted molar refractivity (Wildman–Crippen MR) is 127 cm³/mol. The molecule has 3 heteroatoms. The molecule has 2 aromatic carbocycles. The highest BCUT2D eigenvalue weighted by Gasteiger charge is 2.50. The van der Waals surface area contributed by atoms with Crippen LogP contribution < -0.4 is 10.6 Å². The first-order valence-corrected chi connectivity index (χ1v) is 12.4. The first-order chi connectivity index (χ1) is 15.1. The second kappa shape index (κ2) is 6.62. The van der Waals surface area contributed by atoms with Gasteiger partial charge in [-0.1, -0.05) is 30.3 Å². The van der Waals surface area contributed by atoms with E-state index in [1.54, 1.807) is 0 Å². The van der Waals surface area contributed by atoms with E-state index in [9.17, 15) is 0 Å². The van der Waals surface area contributed by atoms with Crippen molar-refractivity contribution in [3.63, 3.8) is 0 Å². The molecular formula is C28H33N3. The van der Waals surface area contributed by atoms with Crippen LogP contribution in [0.15, 0.2) is 48.5 Å². The van der Waals surface area contributed by atoms with Crippen molar-refractivity contribution in [2.75, 3.05) is 5.32 Å².